The molecule has 0 aromatic heterocycles. The van der Waals surface area contributed by atoms with Gasteiger partial charge in [-0.1, -0.05) is 40.9 Å². The number of aryl methyl sites for hydroxylation is 1. The zero-order valence-corrected chi connectivity index (χ0v) is 14.4. The summed E-state index contributed by atoms with van der Waals surface area (Å²) in [6, 6.07) is 8.24. The fraction of sp³-hybridized carbons (Fsp3) is 0.588. The van der Waals surface area contributed by atoms with Crippen molar-refractivity contribution < 1.29 is 9.53 Å². The number of ether oxygens (including phenoxy) is 1. The fourth-order valence-electron chi connectivity index (χ4n) is 2.82. The van der Waals surface area contributed by atoms with Gasteiger partial charge in [0, 0.05) is 17.9 Å². The van der Waals surface area contributed by atoms with E-state index in [1.807, 2.05) is 43.1 Å². The first-order chi connectivity index (χ1) is 10.1. The largest absolute Gasteiger partial charge is 0.493 e. The van der Waals surface area contributed by atoms with Gasteiger partial charge in [-0.3, -0.25) is 4.79 Å². The minimum Gasteiger partial charge on any atom is -0.493 e. The molecular weight excluding hydrogens is 330 g/mol. The molecule has 1 aliphatic rings. The van der Waals surface area contributed by atoms with Crippen molar-refractivity contribution in [3.63, 3.8) is 0 Å². The van der Waals surface area contributed by atoms with Crippen LogP contribution in [0.1, 0.15) is 37.7 Å². The molecule has 1 aliphatic carbocycles. The average Bonchev–Trinajstić information content (AvgIpc) is 2.47. The average molecular weight is 354 g/mol. The van der Waals surface area contributed by atoms with Gasteiger partial charge in [-0.25, -0.2) is 0 Å². The van der Waals surface area contributed by atoms with E-state index in [0.29, 0.717) is 23.9 Å². The molecule has 3 nitrogen and oxygen atoms in total. The first-order valence-electron chi connectivity index (χ1n) is 7.67. The van der Waals surface area contributed by atoms with Crippen LogP contribution in [0, 0.1) is 6.92 Å². The van der Waals surface area contributed by atoms with E-state index in [4.69, 9.17) is 4.74 Å². The van der Waals surface area contributed by atoms with E-state index in [9.17, 15) is 4.79 Å². The van der Waals surface area contributed by atoms with Crippen molar-refractivity contribution in [3.05, 3.63) is 29.8 Å². The van der Waals surface area contributed by atoms with Gasteiger partial charge in [0.15, 0.2) is 0 Å². The quantitative estimate of drug-likeness (QED) is 0.750. The summed E-state index contributed by atoms with van der Waals surface area (Å²) < 4.78 is 5.66. The Balaban J connectivity index is 1.78. The molecule has 0 bridgehead atoms. The van der Waals surface area contributed by atoms with Crippen LogP contribution in [0.3, 0.4) is 0 Å². The van der Waals surface area contributed by atoms with E-state index < -0.39 is 0 Å². The molecule has 116 valence electrons. The highest BCUT2D eigenvalue weighted by atomic mass is 79.9. The molecule has 21 heavy (non-hydrogen) atoms. The molecule has 0 N–H and O–H groups in total. The van der Waals surface area contributed by atoms with Crippen LogP contribution in [-0.4, -0.2) is 35.3 Å². The van der Waals surface area contributed by atoms with E-state index in [1.165, 1.54) is 18.4 Å². The van der Waals surface area contributed by atoms with Crippen LogP contribution >= 0.6 is 15.9 Å². The Labute approximate surface area is 135 Å². The number of rotatable bonds is 5. The van der Waals surface area contributed by atoms with Crippen molar-refractivity contribution in [1.82, 2.24) is 4.90 Å². The fourth-order valence-corrected chi connectivity index (χ4v) is 3.77. The van der Waals surface area contributed by atoms with E-state index in [-0.39, 0.29) is 5.91 Å². The summed E-state index contributed by atoms with van der Waals surface area (Å²) in [6.07, 6.45) is 5.15. The normalized spacial score (nSPS) is 21.9. The molecular formula is C17H24BrNO2. The number of amides is 1. The molecule has 4 heteroatoms. The lowest BCUT2D eigenvalue weighted by Gasteiger charge is -2.35. The molecule has 2 rings (SSSR count). The minimum atomic E-state index is 0.166. The first-order valence-corrected chi connectivity index (χ1v) is 8.58. The molecule has 0 heterocycles. The number of benzene rings is 1. The second-order valence-corrected chi connectivity index (χ2v) is 6.96. The third-order valence-electron chi connectivity index (χ3n) is 4.11. The van der Waals surface area contributed by atoms with Crippen molar-refractivity contribution in [3.8, 4) is 5.75 Å². The Morgan fingerprint density at radius 1 is 1.38 bits per heavy atom. The lowest BCUT2D eigenvalue weighted by molar-refractivity contribution is -0.132. The van der Waals surface area contributed by atoms with Crippen molar-refractivity contribution in [1.29, 1.82) is 0 Å². The van der Waals surface area contributed by atoms with Gasteiger partial charge >= 0.3 is 0 Å². The molecule has 1 fully saturated rings. The SMILES string of the molecule is Cc1cccc(OCCC(=O)N(C)C2CCCCC2Br)c1. The predicted molar refractivity (Wildman–Crippen MR) is 89.0 cm³/mol. The summed E-state index contributed by atoms with van der Waals surface area (Å²) >= 11 is 3.71. The molecule has 0 radical (unpaired) electrons. The summed E-state index contributed by atoms with van der Waals surface area (Å²) in [4.78, 5) is 14.6. The van der Waals surface area contributed by atoms with Gasteiger partial charge in [-0.05, 0) is 37.5 Å². The van der Waals surface area contributed by atoms with Crippen LogP contribution in [0.15, 0.2) is 24.3 Å². The molecule has 1 aromatic carbocycles. The number of carbonyl (C=O) groups is 1. The topological polar surface area (TPSA) is 29.5 Å². The van der Waals surface area contributed by atoms with Crippen molar-refractivity contribution in [2.75, 3.05) is 13.7 Å². The summed E-state index contributed by atoms with van der Waals surface area (Å²) in [5.41, 5.74) is 1.17. The summed E-state index contributed by atoms with van der Waals surface area (Å²) in [6.45, 7) is 2.47. The Kier molecular flexibility index (Phi) is 6.09. The number of hydrogen-bond acceptors (Lipinski definition) is 2. The van der Waals surface area contributed by atoms with E-state index in [2.05, 4.69) is 15.9 Å². The maximum Gasteiger partial charge on any atom is 0.226 e. The number of halogens is 1. The second kappa shape index (κ2) is 7.83. The third kappa shape index (κ3) is 4.73. The molecule has 2 unspecified atom stereocenters. The smallest absolute Gasteiger partial charge is 0.226 e. The van der Waals surface area contributed by atoms with Crippen LogP contribution in [0.4, 0.5) is 0 Å². The van der Waals surface area contributed by atoms with Crippen LogP contribution < -0.4 is 4.74 Å². The maximum absolute atomic E-state index is 12.3. The van der Waals surface area contributed by atoms with Gasteiger partial charge in [0.2, 0.25) is 5.91 Å². The highest BCUT2D eigenvalue weighted by Gasteiger charge is 2.28. The van der Waals surface area contributed by atoms with Crippen molar-refractivity contribution >= 4 is 21.8 Å². The minimum absolute atomic E-state index is 0.166. The molecule has 1 saturated carbocycles. The van der Waals surface area contributed by atoms with Gasteiger partial charge < -0.3 is 9.64 Å². The molecule has 1 aromatic rings. The third-order valence-corrected chi connectivity index (χ3v) is 5.18. The van der Waals surface area contributed by atoms with Crippen LogP contribution in [0.2, 0.25) is 0 Å². The Bertz CT molecular complexity index is 478. The van der Waals surface area contributed by atoms with Crippen LogP contribution in [0.5, 0.6) is 5.75 Å². The van der Waals surface area contributed by atoms with Gasteiger partial charge in [-0.15, -0.1) is 0 Å². The molecule has 0 aliphatic heterocycles. The summed E-state index contributed by atoms with van der Waals surface area (Å²) in [7, 11) is 1.92. The lowest BCUT2D eigenvalue weighted by Crippen LogP contribution is -2.44. The summed E-state index contributed by atoms with van der Waals surface area (Å²) in [5, 5.41) is 0. The van der Waals surface area contributed by atoms with Crippen molar-refractivity contribution in [2.24, 2.45) is 0 Å². The van der Waals surface area contributed by atoms with E-state index >= 15 is 0 Å². The number of nitrogens with zero attached hydrogens (tertiary/aromatic N) is 1. The Morgan fingerprint density at radius 2 is 2.14 bits per heavy atom. The number of carbonyl (C=O) groups excluding carboxylic acids is 1. The zero-order valence-electron chi connectivity index (χ0n) is 12.8. The summed E-state index contributed by atoms with van der Waals surface area (Å²) in [5.74, 6) is 1.00. The van der Waals surface area contributed by atoms with Crippen molar-refractivity contribution in [2.45, 2.75) is 49.9 Å². The Morgan fingerprint density at radius 3 is 2.86 bits per heavy atom. The maximum atomic E-state index is 12.3. The lowest BCUT2D eigenvalue weighted by atomic mass is 9.94. The highest BCUT2D eigenvalue weighted by molar-refractivity contribution is 9.09. The van der Waals surface area contributed by atoms with Gasteiger partial charge in [0.05, 0.1) is 13.0 Å². The first kappa shape index (κ1) is 16.3. The predicted octanol–water partition coefficient (Wildman–Crippen LogP) is 3.93. The monoisotopic (exact) mass is 353 g/mol. The zero-order chi connectivity index (χ0) is 15.2. The van der Waals surface area contributed by atoms with Crippen LogP contribution in [0.25, 0.3) is 0 Å². The highest BCUT2D eigenvalue weighted by Crippen LogP contribution is 2.28. The van der Waals surface area contributed by atoms with Gasteiger partial charge in [-0.2, -0.15) is 0 Å². The molecule has 2 atom stereocenters. The van der Waals surface area contributed by atoms with E-state index in [0.717, 1.165) is 18.6 Å². The molecule has 1 amide bonds. The number of hydrogen-bond donors (Lipinski definition) is 0. The van der Waals surface area contributed by atoms with Crippen LogP contribution in [-0.2, 0) is 4.79 Å². The van der Waals surface area contributed by atoms with Gasteiger partial charge in [0.25, 0.3) is 0 Å². The molecule has 0 spiro atoms. The standard InChI is InChI=1S/C17H24BrNO2/c1-13-6-5-7-14(12-13)21-11-10-17(20)19(2)16-9-4-3-8-15(16)18/h5-7,12,15-16H,3-4,8-11H2,1-2H3. The van der Waals surface area contributed by atoms with E-state index in [1.54, 1.807) is 0 Å². The van der Waals surface area contributed by atoms with Gasteiger partial charge in [0.1, 0.15) is 5.75 Å². The Hall–Kier alpha value is -1.03. The molecule has 0 saturated heterocycles. The second-order valence-electron chi connectivity index (χ2n) is 5.79. The number of alkyl halides is 1.